The quantitative estimate of drug-likeness (QED) is 0.395. The molecule has 4 rings (SSSR count). The summed E-state index contributed by atoms with van der Waals surface area (Å²) in [7, 11) is 1.65. The van der Waals surface area contributed by atoms with E-state index >= 15 is 0 Å². The number of thiophene rings is 1. The van der Waals surface area contributed by atoms with Gasteiger partial charge >= 0.3 is 5.97 Å². The molecule has 6 nitrogen and oxygen atoms in total. The molecular formula is C25H31N3O3S2. The van der Waals surface area contributed by atoms with Gasteiger partial charge < -0.3 is 20.5 Å². The molecule has 2 aromatic heterocycles. The maximum atomic E-state index is 12.0. The highest BCUT2D eigenvalue weighted by Gasteiger charge is 2.34. The van der Waals surface area contributed by atoms with Crippen molar-refractivity contribution in [2.45, 2.75) is 29.5 Å². The summed E-state index contributed by atoms with van der Waals surface area (Å²) in [6, 6.07) is 11.8. The van der Waals surface area contributed by atoms with Crippen LogP contribution in [-0.2, 0) is 4.79 Å². The van der Waals surface area contributed by atoms with E-state index in [0.717, 1.165) is 60.3 Å². The highest BCUT2D eigenvalue weighted by Crippen LogP contribution is 2.33. The number of aromatic nitrogens is 1. The van der Waals surface area contributed by atoms with Gasteiger partial charge in [0, 0.05) is 36.5 Å². The second kappa shape index (κ2) is 11.3. The Morgan fingerprint density at radius 2 is 2.27 bits per heavy atom. The summed E-state index contributed by atoms with van der Waals surface area (Å²) in [4.78, 5) is 18.8. The second-order valence-electron chi connectivity index (χ2n) is 8.54. The third kappa shape index (κ3) is 6.06. The van der Waals surface area contributed by atoms with Crippen LogP contribution in [-0.4, -0.2) is 53.5 Å². The number of carboxylic acids is 1. The third-order valence-corrected chi connectivity index (χ3v) is 8.65. The second-order valence-corrected chi connectivity index (χ2v) is 10.9. The maximum Gasteiger partial charge on any atom is 0.308 e. The molecule has 176 valence electrons. The van der Waals surface area contributed by atoms with Crippen molar-refractivity contribution in [3.63, 3.8) is 0 Å². The standard InChI is InChI=1S/C25H31N3O3S2/c1-31-18-5-7-23-20(15-18)19(8-10-27-23)22(26)6-4-17-9-11-28(16-21(17)25(29)30)12-14-33-24-3-2-13-32-24/h2-3,5,7-8,10,13,15,17,21-22H,4,6,9,11-12,14,16,26H2,1H3,(H,29,30)/t17?,21?,22-/m0/s1. The Balaban J connectivity index is 1.34. The lowest BCUT2D eigenvalue weighted by atomic mass is 9.81. The fourth-order valence-corrected chi connectivity index (χ4v) is 6.53. The van der Waals surface area contributed by atoms with Crippen molar-refractivity contribution >= 4 is 40.0 Å². The molecule has 0 amide bonds. The first-order chi connectivity index (χ1) is 16.0. The molecule has 1 fully saturated rings. The number of hydrogen-bond acceptors (Lipinski definition) is 7. The Labute approximate surface area is 203 Å². The topological polar surface area (TPSA) is 88.7 Å². The monoisotopic (exact) mass is 485 g/mol. The van der Waals surface area contributed by atoms with Gasteiger partial charge in [-0.2, -0.15) is 0 Å². The van der Waals surface area contributed by atoms with E-state index in [2.05, 4.69) is 27.4 Å². The molecular weight excluding hydrogens is 454 g/mol. The fraction of sp³-hybridized carbons (Fsp3) is 0.440. The molecule has 3 aromatic rings. The van der Waals surface area contributed by atoms with E-state index in [0.29, 0.717) is 6.54 Å². The number of pyridine rings is 1. The van der Waals surface area contributed by atoms with Crippen molar-refractivity contribution in [2.24, 2.45) is 17.6 Å². The Morgan fingerprint density at radius 1 is 1.39 bits per heavy atom. The van der Waals surface area contributed by atoms with E-state index in [4.69, 9.17) is 10.5 Å². The normalized spacial score (nSPS) is 20.1. The molecule has 3 heterocycles. The lowest BCUT2D eigenvalue weighted by Crippen LogP contribution is -2.44. The van der Waals surface area contributed by atoms with Crippen LogP contribution in [0.5, 0.6) is 5.75 Å². The van der Waals surface area contributed by atoms with Gasteiger partial charge in [0.1, 0.15) is 5.75 Å². The minimum absolute atomic E-state index is 0.150. The molecule has 33 heavy (non-hydrogen) atoms. The zero-order valence-corrected chi connectivity index (χ0v) is 20.5. The van der Waals surface area contributed by atoms with Crippen LogP contribution in [0, 0.1) is 11.8 Å². The molecule has 1 saturated heterocycles. The van der Waals surface area contributed by atoms with Gasteiger partial charge in [0.25, 0.3) is 0 Å². The molecule has 1 aromatic carbocycles. The van der Waals surface area contributed by atoms with Crippen LogP contribution in [0.1, 0.15) is 30.9 Å². The van der Waals surface area contributed by atoms with E-state index < -0.39 is 5.97 Å². The summed E-state index contributed by atoms with van der Waals surface area (Å²) >= 11 is 3.60. The number of ether oxygens (including phenoxy) is 1. The van der Waals surface area contributed by atoms with Crippen molar-refractivity contribution in [3.8, 4) is 5.75 Å². The van der Waals surface area contributed by atoms with Crippen molar-refractivity contribution in [1.29, 1.82) is 0 Å². The molecule has 1 aliphatic rings. The van der Waals surface area contributed by atoms with Gasteiger partial charge in [-0.25, -0.2) is 0 Å². The van der Waals surface area contributed by atoms with E-state index in [-0.39, 0.29) is 17.9 Å². The summed E-state index contributed by atoms with van der Waals surface area (Å²) in [5, 5.41) is 13.0. The van der Waals surface area contributed by atoms with E-state index in [1.165, 1.54) is 4.21 Å². The first-order valence-corrected chi connectivity index (χ1v) is 13.2. The Hall–Kier alpha value is -2.13. The highest BCUT2D eigenvalue weighted by atomic mass is 32.2. The SMILES string of the molecule is COc1ccc2nccc([C@@H](N)CCC3CCN(CCSc4cccs4)CC3C(=O)O)c2c1. The summed E-state index contributed by atoms with van der Waals surface area (Å²) < 4.78 is 6.69. The van der Waals surface area contributed by atoms with Crippen LogP contribution in [0.2, 0.25) is 0 Å². The average molecular weight is 486 g/mol. The number of aliphatic carboxylic acids is 1. The highest BCUT2D eigenvalue weighted by molar-refractivity contribution is 8.01. The van der Waals surface area contributed by atoms with Crippen LogP contribution in [0.4, 0.5) is 0 Å². The fourth-order valence-electron chi connectivity index (χ4n) is 4.66. The van der Waals surface area contributed by atoms with Crippen molar-refractivity contribution in [3.05, 3.63) is 53.5 Å². The van der Waals surface area contributed by atoms with Gasteiger partial charge in [0.2, 0.25) is 0 Å². The first-order valence-electron chi connectivity index (χ1n) is 11.3. The average Bonchev–Trinajstić information content (AvgIpc) is 3.35. The number of carboxylic acid groups (broad SMARTS) is 1. The number of piperidine rings is 1. The lowest BCUT2D eigenvalue weighted by Gasteiger charge is -2.37. The number of benzene rings is 1. The van der Waals surface area contributed by atoms with Gasteiger partial charge in [-0.05, 0) is 73.0 Å². The van der Waals surface area contributed by atoms with Gasteiger partial charge in [-0.3, -0.25) is 9.78 Å². The Morgan fingerprint density at radius 3 is 3.03 bits per heavy atom. The number of likely N-dealkylation sites (tertiary alicyclic amines) is 1. The molecule has 3 N–H and O–H groups in total. The summed E-state index contributed by atoms with van der Waals surface area (Å²) in [5.41, 5.74) is 8.53. The molecule has 0 aliphatic carbocycles. The molecule has 2 unspecified atom stereocenters. The summed E-state index contributed by atoms with van der Waals surface area (Å²) in [6.07, 6.45) is 4.25. The number of nitrogens with two attached hydrogens (primary N) is 1. The summed E-state index contributed by atoms with van der Waals surface area (Å²) in [6.45, 7) is 2.49. The first kappa shape index (κ1) is 24.0. The number of methoxy groups -OCH3 is 1. The molecule has 0 spiro atoms. The van der Waals surface area contributed by atoms with Gasteiger partial charge in [-0.1, -0.05) is 6.07 Å². The van der Waals surface area contributed by atoms with Crippen molar-refractivity contribution < 1.29 is 14.6 Å². The summed E-state index contributed by atoms with van der Waals surface area (Å²) in [5.74, 6) is 0.883. The smallest absolute Gasteiger partial charge is 0.308 e. The molecule has 0 bridgehead atoms. The van der Waals surface area contributed by atoms with Gasteiger partial charge in [0.15, 0.2) is 0 Å². The Bertz CT molecular complexity index is 1060. The number of hydrogen-bond donors (Lipinski definition) is 2. The number of fused-ring (bicyclic) bond motifs is 1. The largest absolute Gasteiger partial charge is 0.497 e. The van der Waals surface area contributed by atoms with Crippen molar-refractivity contribution in [2.75, 3.05) is 32.5 Å². The van der Waals surface area contributed by atoms with E-state index in [9.17, 15) is 9.90 Å². The van der Waals surface area contributed by atoms with Gasteiger partial charge in [0.05, 0.1) is 22.8 Å². The molecule has 0 saturated carbocycles. The molecule has 8 heteroatoms. The number of thioether (sulfide) groups is 1. The van der Waals surface area contributed by atoms with Crippen LogP contribution in [0.15, 0.2) is 52.2 Å². The van der Waals surface area contributed by atoms with Crippen LogP contribution in [0.25, 0.3) is 10.9 Å². The third-order valence-electron chi connectivity index (χ3n) is 6.53. The van der Waals surface area contributed by atoms with Gasteiger partial charge in [-0.15, -0.1) is 23.1 Å². The molecule has 1 aliphatic heterocycles. The zero-order valence-electron chi connectivity index (χ0n) is 18.9. The number of nitrogens with zero attached hydrogens (tertiary/aromatic N) is 2. The predicted octanol–water partition coefficient (Wildman–Crippen LogP) is 4.90. The van der Waals surface area contributed by atoms with Crippen LogP contribution >= 0.6 is 23.1 Å². The number of carbonyl (C=O) groups is 1. The van der Waals surface area contributed by atoms with Crippen molar-refractivity contribution in [1.82, 2.24) is 9.88 Å². The Kier molecular flexibility index (Phi) is 8.25. The lowest BCUT2D eigenvalue weighted by molar-refractivity contribution is -0.146. The van der Waals surface area contributed by atoms with Crippen LogP contribution in [0.3, 0.4) is 0 Å². The van der Waals surface area contributed by atoms with E-state index in [1.54, 1.807) is 24.6 Å². The molecule has 0 radical (unpaired) electrons. The molecule has 3 atom stereocenters. The number of rotatable bonds is 10. The minimum atomic E-state index is -0.691. The zero-order chi connectivity index (χ0) is 23.2. The predicted molar refractivity (Wildman–Crippen MR) is 135 cm³/mol. The van der Waals surface area contributed by atoms with E-state index in [1.807, 2.05) is 36.0 Å². The minimum Gasteiger partial charge on any atom is -0.497 e. The van der Waals surface area contributed by atoms with Crippen LogP contribution < -0.4 is 10.5 Å². The maximum absolute atomic E-state index is 12.0.